The Labute approximate surface area is 210 Å². The van der Waals surface area contributed by atoms with E-state index in [0.29, 0.717) is 4.31 Å². The average Bonchev–Trinajstić information content (AvgIpc) is 3.11. The van der Waals surface area contributed by atoms with Crippen molar-refractivity contribution < 1.29 is 41.3 Å². The van der Waals surface area contributed by atoms with Crippen molar-refractivity contribution in [2.75, 3.05) is 19.9 Å². The van der Waals surface area contributed by atoms with Crippen LogP contribution in [0.2, 0.25) is 0 Å². The third-order valence-corrected chi connectivity index (χ3v) is 7.32. The van der Waals surface area contributed by atoms with Crippen molar-refractivity contribution in [2.24, 2.45) is 5.41 Å². The van der Waals surface area contributed by atoms with E-state index in [9.17, 15) is 27.6 Å². The molecule has 2 aliphatic heterocycles. The molecule has 13 heteroatoms. The van der Waals surface area contributed by atoms with E-state index in [0.717, 1.165) is 10.5 Å². The van der Waals surface area contributed by atoms with Gasteiger partial charge in [-0.3, -0.25) is 18.6 Å². The Balaban J connectivity index is 1.57. The molecule has 2 fully saturated rings. The van der Waals surface area contributed by atoms with Crippen LogP contribution >= 0.6 is 0 Å². The molecule has 0 unspecified atom stereocenters. The fourth-order valence-corrected chi connectivity index (χ4v) is 5.24. The van der Waals surface area contributed by atoms with Gasteiger partial charge in [-0.2, -0.15) is 12.7 Å². The SMILES string of the molecule is CCC(=O)OCNC(=O)[C@@H]1CC[C@@H]2CN1C(=O)N2S(=O)(=O)OCC(C)(C)C(=O)OCc1ccccc1. The topological polar surface area (TPSA) is 149 Å². The van der Waals surface area contributed by atoms with Crippen LogP contribution in [0.1, 0.15) is 45.6 Å². The molecule has 0 aromatic heterocycles. The zero-order chi connectivity index (χ0) is 26.5. The summed E-state index contributed by atoms with van der Waals surface area (Å²) >= 11 is 0. The normalized spacial score (nSPS) is 19.7. The number of carbonyl (C=O) groups is 4. The number of amides is 3. The number of nitrogens with zero attached hydrogens (tertiary/aromatic N) is 2. The Bertz CT molecular complexity index is 1090. The highest BCUT2D eigenvalue weighted by Crippen LogP contribution is 2.33. The van der Waals surface area contributed by atoms with Crippen molar-refractivity contribution in [3.05, 3.63) is 35.9 Å². The standard InChI is InChI=1S/C23H31N3O9S/c1-4-19(27)34-15-24-20(28)18-11-10-17-12-25(18)22(30)26(17)36(31,32)35-14-23(2,3)21(29)33-13-16-8-6-5-7-9-16/h5-9,17-18H,4,10-15H2,1-3H3,(H,24,28)/t17-,18+/m1/s1. The predicted molar refractivity (Wildman–Crippen MR) is 125 cm³/mol. The number of fused-ring (bicyclic) bond motifs is 2. The van der Waals surface area contributed by atoms with Crippen molar-refractivity contribution in [3.8, 4) is 0 Å². The Morgan fingerprint density at radius 3 is 2.47 bits per heavy atom. The van der Waals surface area contributed by atoms with Crippen LogP contribution in [-0.2, 0) is 45.0 Å². The van der Waals surface area contributed by atoms with Gasteiger partial charge < -0.3 is 19.7 Å². The van der Waals surface area contributed by atoms with Gasteiger partial charge in [0, 0.05) is 13.0 Å². The van der Waals surface area contributed by atoms with Crippen molar-refractivity contribution in [2.45, 2.75) is 58.7 Å². The van der Waals surface area contributed by atoms with Crippen LogP contribution in [0.4, 0.5) is 4.79 Å². The second-order valence-corrected chi connectivity index (χ2v) is 10.7. The summed E-state index contributed by atoms with van der Waals surface area (Å²) in [6, 6.07) is 6.54. The molecule has 0 spiro atoms. The van der Waals surface area contributed by atoms with Gasteiger partial charge in [0.1, 0.15) is 12.6 Å². The highest BCUT2D eigenvalue weighted by atomic mass is 32.2. The van der Waals surface area contributed by atoms with Gasteiger partial charge in [-0.1, -0.05) is 37.3 Å². The number of esters is 2. The van der Waals surface area contributed by atoms with Crippen LogP contribution in [0.3, 0.4) is 0 Å². The number of urea groups is 1. The third kappa shape index (κ3) is 6.32. The smallest absolute Gasteiger partial charge is 0.366 e. The van der Waals surface area contributed by atoms with E-state index >= 15 is 0 Å². The summed E-state index contributed by atoms with van der Waals surface area (Å²) in [5.41, 5.74) is -0.528. The van der Waals surface area contributed by atoms with Crippen molar-refractivity contribution >= 4 is 34.2 Å². The van der Waals surface area contributed by atoms with Crippen molar-refractivity contribution in [3.63, 3.8) is 0 Å². The van der Waals surface area contributed by atoms with Gasteiger partial charge in [0.2, 0.25) is 5.91 Å². The Morgan fingerprint density at radius 2 is 1.81 bits per heavy atom. The molecule has 198 valence electrons. The van der Waals surface area contributed by atoms with Gasteiger partial charge in [-0.15, -0.1) is 0 Å². The molecule has 1 aromatic carbocycles. The molecule has 2 bridgehead atoms. The maximum Gasteiger partial charge on any atom is 0.366 e. The lowest BCUT2D eigenvalue weighted by molar-refractivity contribution is -0.157. The van der Waals surface area contributed by atoms with Crippen LogP contribution in [0.15, 0.2) is 30.3 Å². The Kier molecular flexibility index (Phi) is 8.56. The zero-order valence-electron chi connectivity index (χ0n) is 20.5. The van der Waals surface area contributed by atoms with E-state index in [1.54, 1.807) is 31.2 Å². The van der Waals surface area contributed by atoms with Gasteiger partial charge in [0.15, 0.2) is 6.73 Å². The molecule has 12 nitrogen and oxygen atoms in total. The molecule has 36 heavy (non-hydrogen) atoms. The average molecular weight is 526 g/mol. The van der Waals surface area contributed by atoms with Gasteiger partial charge >= 0.3 is 28.3 Å². The molecule has 0 radical (unpaired) electrons. The highest BCUT2D eigenvalue weighted by Gasteiger charge is 2.52. The lowest BCUT2D eigenvalue weighted by atomic mass is 9.95. The summed E-state index contributed by atoms with van der Waals surface area (Å²) in [5.74, 6) is -1.69. The Morgan fingerprint density at radius 1 is 1.11 bits per heavy atom. The first-order chi connectivity index (χ1) is 17.0. The summed E-state index contributed by atoms with van der Waals surface area (Å²) in [6.07, 6.45) is 0.632. The number of rotatable bonds is 11. The minimum absolute atomic E-state index is 0.0246. The van der Waals surface area contributed by atoms with Gasteiger partial charge in [-0.05, 0) is 32.3 Å². The number of hydrogen-bond donors (Lipinski definition) is 1. The van der Waals surface area contributed by atoms with Crippen LogP contribution in [0.25, 0.3) is 0 Å². The van der Waals surface area contributed by atoms with Crippen LogP contribution in [0, 0.1) is 5.41 Å². The Hall–Kier alpha value is -3.19. The van der Waals surface area contributed by atoms with E-state index in [2.05, 4.69) is 5.32 Å². The zero-order valence-corrected chi connectivity index (χ0v) is 21.3. The van der Waals surface area contributed by atoms with E-state index in [1.165, 1.54) is 13.8 Å². The molecule has 3 rings (SSSR count). The van der Waals surface area contributed by atoms with Crippen molar-refractivity contribution in [1.29, 1.82) is 0 Å². The molecule has 1 N–H and O–H groups in total. The first-order valence-corrected chi connectivity index (χ1v) is 13.0. The molecular formula is C23H31N3O9S. The largest absolute Gasteiger partial charge is 0.460 e. The van der Waals surface area contributed by atoms with E-state index in [-0.39, 0.29) is 39.1 Å². The fourth-order valence-electron chi connectivity index (χ4n) is 3.85. The molecule has 2 aliphatic rings. The summed E-state index contributed by atoms with van der Waals surface area (Å²) in [7, 11) is -4.54. The maximum absolute atomic E-state index is 12.9. The number of ether oxygens (including phenoxy) is 2. The van der Waals surface area contributed by atoms with E-state index < -0.39 is 58.3 Å². The molecule has 2 saturated heterocycles. The number of hydrogen-bond acceptors (Lipinski definition) is 9. The van der Waals surface area contributed by atoms with Gasteiger partial charge in [0.25, 0.3) is 0 Å². The number of carbonyl (C=O) groups excluding carboxylic acids is 4. The number of piperidine rings is 1. The third-order valence-electron chi connectivity index (χ3n) is 5.97. The first-order valence-electron chi connectivity index (χ1n) is 11.6. The minimum atomic E-state index is -4.54. The lowest BCUT2D eigenvalue weighted by Gasteiger charge is -2.29. The first kappa shape index (κ1) is 27.4. The predicted octanol–water partition coefficient (Wildman–Crippen LogP) is 1.31. The number of nitrogens with one attached hydrogen (secondary N) is 1. The molecule has 2 atom stereocenters. The number of benzene rings is 1. The second-order valence-electron chi connectivity index (χ2n) is 9.20. The van der Waals surface area contributed by atoms with E-state index in [1.807, 2.05) is 6.07 Å². The molecule has 0 saturated carbocycles. The van der Waals surface area contributed by atoms with Gasteiger partial charge in [0.05, 0.1) is 18.1 Å². The summed E-state index contributed by atoms with van der Waals surface area (Å²) < 4.78 is 41.7. The van der Waals surface area contributed by atoms with Crippen LogP contribution in [-0.4, -0.2) is 73.5 Å². The summed E-state index contributed by atoms with van der Waals surface area (Å²) in [6.45, 7) is 3.75. The molecule has 2 heterocycles. The molecular weight excluding hydrogens is 494 g/mol. The van der Waals surface area contributed by atoms with E-state index in [4.69, 9.17) is 13.7 Å². The highest BCUT2D eigenvalue weighted by molar-refractivity contribution is 7.85. The molecule has 1 aromatic rings. The van der Waals surface area contributed by atoms with Gasteiger partial charge in [-0.25, -0.2) is 4.79 Å². The lowest BCUT2D eigenvalue weighted by Crippen LogP contribution is -2.50. The van der Waals surface area contributed by atoms with Crippen molar-refractivity contribution in [1.82, 2.24) is 14.5 Å². The monoisotopic (exact) mass is 525 g/mol. The summed E-state index contributed by atoms with van der Waals surface area (Å²) in [5, 5.41) is 2.43. The maximum atomic E-state index is 12.9. The molecule has 3 amide bonds. The fraction of sp³-hybridized carbons (Fsp3) is 0.565. The second kappa shape index (κ2) is 11.2. The molecule has 0 aliphatic carbocycles. The van der Waals surface area contributed by atoms with Crippen LogP contribution in [0.5, 0.6) is 0 Å². The quantitative estimate of drug-likeness (QED) is 0.333. The van der Waals surface area contributed by atoms with Crippen LogP contribution < -0.4 is 5.32 Å². The summed E-state index contributed by atoms with van der Waals surface area (Å²) in [4.78, 5) is 50.3. The minimum Gasteiger partial charge on any atom is -0.460 e.